The Balaban J connectivity index is 2.51. The van der Waals surface area contributed by atoms with E-state index < -0.39 is 11.6 Å². The fourth-order valence-corrected chi connectivity index (χ4v) is 2.06. The summed E-state index contributed by atoms with van der Waals surface area (Å²) in [5.41, 5.74) is 3.21. The molecular formula is C15H15F2N. The van der Waals surface area contributed by atoms with E-state index in [1.807, 2.05) is 30.9 Å². The van der Waals surface area contributed by atoms with Crippen molar-refractivity contribution in [3.63, 3.8) is 0 Å². The lowest BCUT2D eigenvalue weighted by Crippen LogP contribution is -2.23. The summed E-state index contributed by atoms with van der Waals surface area (Å²) >= 11 is 0. The second-order valence-corrected chi connectivity index (χ2v) is 4.25. The minimum absolute atomic E-state index is 0.527. The second-order valence-electron chi connectivity index (χ2n) is 4.25. The number of likely N-dealkylation sites (N-methyl/N-ethyl adjacent to an activating group) is 1. The maximum Gasteiger partial charge on any atom is 0.126 e. The Morgan fingerprint density at radius 3 is 2.28 bits per heavy atom. The molecule has 0 aliphatic carbocycles. The summed E-state index contributed by atoms with van der Waals surface area (Å²) in [5, 5.41) is 0. The molecule has 94 valence electrons. The number of halogens is 2. The molecule has 0 aromatic heterocycles. The molecule has 18 heavy (non-hydrogen) atoms. The van der Waals surface area contributed by atoms with E-state index in [1.165, 1.54) is 12.1 Å². The van der Waals surface area contributed by atoms with Gasteiger partial charge in [-0.25, -0.2) is 8.78 Å². The molecule has 0 radical (unpaired) electrons. The normalized spacial score (nSPS) is 15.6. The van der Waals surface area contributed by atoms with Crippen molar-refractivity contribution in [3.05, 3.63) is 65.4 Å². The number of nitrogens with zero attached hydrogens (tertiary/aromatic N) is 1. The highest BCUT2D eigenvalue weighted by Gasteiger charge is 2.18. The highest BCUT2D eigenvalue weighted by atomic mass is 19.1. The molecule has 1 aliphatic heterocycles. The monoisotopic (exact) mass is 247 g/mol. The quantitative estimate of drug-likeness (QED) is 0.760. The van der Waals surface area contributed by atoms with Crippen LogP contribution < -0.4 is 0 Å². The third kappa shape index (κ3) is 2.21. The average Bonchev–Trinajstić information content (AvgIpc) is 2.31. The molecule has 1 aromatic rings. The third-order valence-electron chi connectivity index (χ3n) is 3.04. The molecule has 1 nitrogen and oxygen atoms in total. The summed E-state index contributed by atoms with van der Waals surface area (Å²) in [4.78, 5) is 1.95. The summed E-state index contributed by atoms with van der Waals surface area (Å²) < 4.78 is 26.5. The van der Waals surface area contributed by atoms with Crippen molar-refractivity contribution in [2.75, 3.05) is 6.54 Å². The van der Waals surface area contributed by atoms with Gasteiger partial charge in [0.25, 0.3) is 0 Å². The molecule has 0 fully saturated rings. The lowest BCUT2D eigenvalue weighted by molar-refractivity contribution is 0.519. The van der Waals surface area contributed by atoms with Gasteiger partial charge in [-0.15, -0.1) is 0 Å². The maximum atomic E-state index is 13.3. The molecule has 0 bridgehead atoms. The first-order valence-corrected chi connectivity index (χ1v) is 5.84. The van der Waals surface area contributed by atoms with Gasteiger partial charge in [0.2, 0.25) is 0 Å². The molecule has 0 saturated carbocycles. The molecule has 1 heterocycles. The summed E-state index contributed by atoms with van der Waals surface area (Å²) in [6, 6.07) is 3.54. The van der Waals surface area contributed by atoms with Crippen LogP contribution in [0.5, 0.6) is 0 Å². The topological polar surface area (TPSA) is 3.24 Å². The SMILES string of the molecule is C=C1C(C)=CC=C(c2cc(F)cc(F)c2)N1CC. The Hall–Kier alpha value is -1.90. The van der Waals surface area contributed by atoms with Gasteiger partial charge in [-0.05, 0) is 37.6 Å². The van der Waals surface area contributed by atoms with Gasteiger partial charge in [-0.1, -0.05) is 12.7 Å². The molecule has 1 aliphatic rings. The highest BCUT2D eigenvalue weighted by molar-refractivity contribution is 5.70. The van der Waals surface area contributed by atoms with Gasteiger partial charge in [-0.3, -0.25) is 0 Å². The fourth-order valence-electron chi connectivity index (χ4n) is 2.06. The highest BCUT2D eigenvalue weighted by Crippen LogP contribution is 2.30. The van der Waals surface area contributed by atoms with Crippen LogP contribution in [-0.2, 0) is 0 Å². The van der Waals surface area contributed by atoms with Crippen LogP contribution >= 0.6 is 0 Å². The van der Waals surface area contributed by atoms with Gasteiger partial charge in [0.05, 0.1) is 0 Å². The van der Waals surface area contributed by atoms with E-state index in [0.717, 1.165) is 23.0 Å². The summed E-state index contributed by atoms with van der Waals surface area (Å²) in [6.07, 6.45) is 3.77. The zero-order valence-corrected chi connectivity index (χ0v) is 10.5. The Kier molecular flexibility index (Phi) is 3.32. The molecule has 0 amide bonds. The van der Waals surface area contributed by atoms with Crippen LogP contribution in [0.25, 0.3) is 5.70 Å². The predicted molar refractivity (Wildman–Crippen MR) is 69.6 cm³/mol. The Morgan fingerprint density at radius 2 is 1.72 bits per heavy atom. The van der Waals surface area contributed by atoms with E-state index >= 15 is 0 Å². The zero-order valence-electron chi connectivity index (χ0n) is 10.5. The van der Waals surface area contributed by atoms with E-state index in [0.29, 0.717) is 12.1 Å². The number of hydrogen-bond donors (Lipinski definition) is 0. The van der Waals surface area contributed by atoms with Crippen molar-refractivity contribution in [1.82, 2.24) is 4.90 Å². The van der Waals surface area contributed by atoms with Crippen molar-refractivity contribution in [2.45, 2.75) is 13.8 Å². The minimum Gasteiger partial charge on any atom is -0.342 e. The Morgan fingerprint density at radius 1 is 1.11 bits per heavy atom. The molecule has 0 N–H and O–H groups in total. The molecular weight excluding hydrogens is 232 g/mol. The molecule has 2 rings (SSSR count). The first kappa shape index (κ1) is 12.6. The van der Waals surface area contributed by atoms with Crippen molar-refractivity contribution in [3.8, 4) is 0 Å². The summed E-state index contributed by atoms with van der Waals surface area (Å²) in [5.74, 6) is -1.14. The lowest BCUT2D eigenvalue weighted by Gasteiger charge is -2.31. The predicted octanol–water partition coefficient (Wildman–Crippen LogP) is 4.10. The van der Waals surface area contributed by atoms with E-state index in [1.54, 1.807) is 0 Å². The lowest BCUT2D eigenvalue weighted by atomic mass is 10.0. The van der Waals surface area contributed by atoms with Crippen LogP contribution in [0.4, 0.5) is 8.78 Å². The summed E-state index contributed by atoms with van der Waals surface area (Å²) in [7, 11) is 0. The van der Waals surface area contributed by atoms with Crippen LogP contribution in [0.3, 0.4) is 0 Å². The largest absolute Gasteiger partial charge is 0.342 e. The number of rotatable bonds is 2. The summed E-state index contributed by atoms with van der Waals surface area (Å²) in [6.45, 7) is 8.64. The van der Waals surface area contributed by atoms with E-state index in [2.05, 4.69) is 6.58 Å². The smallest absolute Gasteiger partial charge is 0.126 e. The third-order valence-corrected chi connectivity index (χ3v) is 3.04. The van der Waals surface area contributed by atoms with E-state index in [4.69, 9.17) is 0 Å². The van der Waals surface area contributed by atoms with E-state index in [-0.39, 0.29) is 0 Å². The van der Waals surface area contributed by atoms with Crippen LogP contribution in [0.15, 0.2) is 48.2 Å². The molecule has 3 heteroatoms. The fraction of sp³-hybridized carbons (Fsp3) is 0.200. The number of benzene rings is 1. The van der Waals surface area contributed by atoms with Gasteiger partial charge in [0, 0.05) is 29.6 Å². The molecule has 0 saturated heterocycles. The van der Waals surface area contributed by atoms with Crippen LogP contribution in [-0.4, -0.2) is 11.4 Å². The van der Waals surface area contributed by atoms with Crippen molar-refractivity contribution in [1.29, 1.82) is 0 Å². The first-order valence-electron chi connectivity index (χ1n) is 5.84. The Labute approximate surface area is 106 Å². The van der Waals surface area contributed by atoms with Gasteiger partial charge >= 0.3 is 0 Å². The van der Waals surface area contributed by atoms with Gasteiger partial charge in [0.15, 0.2) is 0 Å². The maximum absolute atomic E-state index is 13.3. The number of hydrogen-bond acceptors (Lipinski definition) is 1. The van der Waals surface area contributed by atoms with E-state index in [9.17, 15) is 8.78 Å². The van der Waals surface area contributed by atoms with Crippen molar-refractivity contribution in [2.24, 2.45) is 0 Å². The van der Waals surface area contributed by atoms with Gasteiger partial charge in [0.1, 0.15) is 11.6 Å². The Bertz CT molecular complexity index is 535. The van der Waals surface area contributed by atoms with Gasteiger partial charge in [-0.2, -0.15) is 0 Å². The van der Waals surface area contributed by atoms with Crippen molar-refractivity contribution >= 4 is 5.70 Å². The first-order chi connectivity index (χ1) is 8.52. The molecule has 1 aromatic carbocycles. The van der Waals surface area contributed by atoms with Crippen molar-refractivity contribution < 1.29 is 8.78 Å². The van der Waals surface area contributed by atoms with Crippen LogP contribution in [0.2, 0.25) is 0 Å². The zero-order chi connectivity index (χ0) is 13.3. The average molecular weight is 247 g/mol. The second kappa shape index (κ2) is 4.77. The molecule has 0 spiro atoms. The number of allylic oxidation sites excluding steroid dienone is 3. The van der Waals surface area contributed by atoms with Gasteiger partial charge < -0.3 is 4.90 Å². The van der Waals surface area contributed by atoms with Crippen LogP contribution in [0.1, 0.15) is 19.4 Å². The van der Waals surface area contributed by atoms with Crippen LogP contribution in [0, 0.1) is 11.6 Å². The standard InChI is InChI=1S/C15H15F2N/c1-4-18-11(3)10(2)5-6-15(18)12-7-13(16)9-14(17)8-12/h5-9H,3-4H2,1-2H3. The molecule has 0 atom stereocenters. The minimum atomic E-state index is -0.571. The molecule has 0 unspecified atom stereocenters.